The molecule has 0 bridgehead atoms. The largest absolute Gasteiger partial charge is 0.397 e. The second-order valence-electron chi connectivity index (χ2n) is 4.31. The van der Waals surface area contributed by atoms with Gasteiger partial charge in [-0.25, -0.2) is 4.98 Å². The Morgan fingerprint density at radius 1 is 1.69 bits per heavy atom. The van der Waals surface area contributed by atoms with Crippen molar-refractivity contribution in [2.75, 3.05) is 23.7 Å². The van der Waals surface area contributed by atoms with Crippen molar-refractivity contribution in [2.45, 2.75) is 19.4 Å². The van der Waals surface area contributed by atoms with Gasteiger partial charge in [0.1, 0.15) is 5.82 Å². The van der Waals surface area contributed by atoms with Crippen LogP contribution >= 0.6 is 15.9 Å². The van der Waals surface area contributed by atoms with E-state index >= 15 is 0 Å². The third kappa shape index (κ3) is 2.30. The van der Waals surface area contributed by atoms with Crippen molar-refractivity contribution in [2.24, 2.45) is 5.92 Å². The number of aromatic nitrogens is 1. The summed E-state index contributed by atoms with van der Waals surface area (Å²) in [4.78, 5) is 6.51. The number of aliphatic hydroxyl groups is 1. The highest BCUT2D eigenvalue weighted by molar-refractivity contribution is 9.10. The molecule has 2 atom stereocenters. The van der Waals surface area contributed by atoms with Gasteiger partial charge in [0.2, 0.25) is 0 Å². The third-order valence-electron chi connectivity index (χ3n) is 3.05. The standard InChI is InChI=1S/C11H16BrN3O/c1-7(16)8-2-3-15(6-8)11-10(12)4-9(13)5-14-11/h4-5,7-8,16H,2-3,6,13H2,1H3. The molecule has 2 rings (SSSR count). The molecule has 0 spiro atoms. The lowest BCUT2D eigenvalue weighted by atomic mass is 10.0. The van der Waals surface area contributed by atoms with E-state index in [1.165, 1.54) is 0 Å². The molecule has 0 aliphatic carbocycles. The Balaban J connectivity index is 2.14. The molecular weight excluding hydrogens is 270 g/mol. The first-order chi connectivity index (χ1) is 7.58. The summed E-state index contributed by atoms with van der Waals surface area (Å²) in [6.45, 7) is 3.64. The Morgan fingerprint density at radius 3 is 3.00 bits per heavy atom. The number of halogens is 1. The molecule has 1 aromatic rings. The van der Waals surface area contributed by atoms with E-state index in [1.807, 2.05) is 13.0 Å². The maximum atomic E-state index is 9.55. The van der Waals surface area contributed by atoms with E-state index in [1.54, 1.807) is 6.20 Å². The van der Waals surface area contributed by atoms with Crippen molar-refractivity contribution in [3.63, 3.8) is 0 Å². The van der Waals surface area contributed by atoms with Crippen LogP contribution in [0.5, 0.6) is 0 Å². The van der Waals surface area contributed by atoms with Gasteiger partial charge in [0.05, 0.1) is 22.5 Å². The van der Waals surface area contributed by atoms with Crippen molar-refractivity contribution in [3.8, 4) is 0 Å². The SMILES string of the molecule is CC(O)C1CCN(c2ncc(N)cc2Br)C1. The van der Waals surface area contributed by atoms with Crippen LogP contribution in [0, 0.1) is 5.92 Å². The highest BCUT2D eigenvalue weighted by Gasteiger charge is 2.27. The van der Waals surface area contributed by atoms with Gasteiger partial charge >= 0.3 is 0 Å². The fourth-order valence-electron chi connectivity index (χ4n) is 2.05. The minimum absolute atomic E-state index is 0.252. The number of hydrogen-bond acceptors (Lipinski definition) is 4. The molecule has 16 heavy (non-hydrogen) atoms. The minimum Gasteiger partial charge on any atom is -0.397 e. The van der Waals surface area contributed by atoms with E-state index < -0.39 is 0 Å². The average molecular weight is 286 g/mol. The number of nitrogens with zero attached hydrogens (tertiary/aromatic N) is 2. The number of nitrogens with two attached hydrogens (primary N) is 1. The van der Waals surface area contributed by atoms with Crippen LogP contribution in [0.4, 0.5) is 11.5 Å². The van der Waals surface area contributed by atoms with E-state index in [4.69, 9.17) is 5.73 Å². The molecule has 2 heterocycles. The summed E-state index contributed by atoms with van der Waals surface area (Å²) in [6, 6.07) is 1.86. The summed E-state index contributed by atoms with van der Waals surface area (Å²) in [5.41, 5.74) is 6.31. The molecule has 5 heteroatoms. The summed E-state index contributed by atoms with van der Waals surface area (Å²) in [5, 5.41) is 9.55. The molecule has 88 valence electrons. The van der Waals surface area contributed by atoms with Crippen LogP contribution in [0.15, 0.2) is 16.7 Å². The van der Waals surface area contributed by atoms with Crippen LogP contribution in [-0.2, 0) is 0 Å². The maximum Gasteiger partial charge on any atom is 0.143 e. The second kappa shape index (κ2) is 4.59. The molecule has 0 aromatic carbocycles. The number of aliphatic hydroxyl groups excluding tert-OH is 1. The van der Waals surface area contributed by atoms with E-state index in [2.05, 4.69) is 25.8 Å². The first-order valence-corrected chi connectivity index (χ1v) is 6.21. The van der Waals surface area contributed by atoms with Gasteiger partial charge in [-0.1, -0.05) is 0 Å². The second-order valence-corrected chi connectivity index (χ2v) is 5.16. The summed E-state index contributed by atoms with van der Waals surface area (Å²) in [7, 11) is 0. The highest BCUT2D eigenvalue weighted by atomic mass is 79.9. The lowest BCUT2D eigenvalue weighted by Crippen LogP contribution is -2.24. The number of anilines is 2. The van der Waals surface area contributed by atoms with Crippen LogP contribution < -0.4 is 10.6 Å². The van der Waals surface area contributed by atoms with Crippen LogP contribution in [-0.4, -0.2) is 29.3 Å². The number of pyridine rings is 1. The van der Waals surface area contributed by atoms with Gasteiger partial charge in [0.25, 0.3) is 0 Å². The van der Waals surface area contributed by atoms with Gasteiger partial charge in [-0.15, -0.1) is 0 Å². The highest BCUT2D eigenvalue weighted by Crippen LogP contribution is 2.30. The molecule has 1 fully saturated rings. The molecular formula is C11H16BrN3O. The quantitative estimate of drug-likeness (QED) is 0.867. The predicted octanol–water partition coefficient (Wildman–Crippen LogP) is 1.63. The van der Waals surface area contributed by atoms with Crippen molar-refractivity contribution in [1.82, 2.24) is 4.98 Å². The monoisotopic (exact) mass is 285 g/mol. The first kappa shape index (κ1) is 11.7. The van der Waals surface area contributed by atoms with E-state index in [0.717, 1.165) is 29.8 Å². The molecule has 4 nitrogen and oxygen atoms in total. The molecule has 1 aliphatic rings. The summed E-state index contributed by atoms with van der Waals surface area (Å²) in [6.07, 6.45) is 2.42. The molecule has 1 aliphatic heterocycles. The topological polar surface area (TPSA) is 62.4 Å². The molecule has 0 radical (unpaired) electrons. The van der Waals surface area contributed by atoms with Crippen molar-refractivity contribution < 1.29 is 5.11 Å². The van der Waals surface area contributed by atoms with Gasteiger partial charge in [-0.3, -0.25) is 0 Å². The lowest BCUT2D eigenvalue weighted by molar-refractivity contribution is 0.136. The zero-order chi connectivity index (χ0) is 11.7. The molecule has 1 saturated heterocycles. The van der Waals surface area contributed by atoms with Gasteiger partial charge < -0.3 is 15.7 Å². The van der Waals surface area contributed by atoms with Crippen molar-refractivity contribution in [1.29, 1.82) is 0 Å². The smallest absolute Gasteiger partial charge is 0.143 e. The predicted molar refractivity (Wildman–Crippen MR) is 68.4 cm³/mol. The normalized spacial score (nSPS) is 22.4. The maximum absolute atomic E-state index is 9.55. The third-order valence-corrected chi connectivity index (χ3v) is 3.63. The Hall–Kier alpha value is -0.810. The Morgan fingerprint density at radius 2 is 2.44 bits per heavy atom. The van der Waals surface area contributed by atoms with E-state index in [9.17, 15) is 5.11 Å². The molecule has 0 saturated carbocycles. The van der Waals surface area contributed by atoms with Crippen LogP contribution in [0.25, 0.3) is 0 Å². The first-order valence-electron chi connectivity index (χ1n) is 5.42. The zero-order valence-corrected chi connectivity index (χ0v) is 10.8. The fourth-order valence-corrected chi connectivity index (χ4v) is 2.67. The number of nitrogen functional groups attached to an aromatic ring is 1. The minimum atomic E-state index is -0.252. The van der Waals surface area contributed by atoms with Crippen LogP contribution in [0.3, 0.4) is 0 Å². The van der Waals surface area contributed by atoms with Gasteiger partial charge in [-0.05, 0) is 35.3 Å². The number of hydrogen-bond donors (Lipinski definition) is 2. The van der Waals surface area contributed by atoms with Crippen molar-refractivity contribution >= 4 is 27.4 Å². The van der Waals surface area contributed by atoms with Gasteiger partial charge in [0, 0.05) is 19.0 Å². The summed E-state index contributed by atoms with van der Waals surface area (Å²) < 4.78 is 0.916. The van der Waals surface area contributed by atoms with Crippen molar-refractivity contribution in [3.05, 3.63) is 16.7 Å². The zero-order valence-electron chi connectivity index (χ0n) is 9.23. The Labute approximate surface area is 104 Å². The van der Waals surface area contributed by atoms with Gasteiger partial charge in [0.15, 0.2) is 0 Å². The van der Waals surface area contributed by atoms with Crippen LogP contribution in [0.1, 0.15) is 13.3 Å². The Kier molecular flexibility index (Phi) is 3.35. The number of rotatable bonds is 2. The van der Waals surface area contributed by atoms with E-state index in [-0.39, 0.29) is 6.10 Å². The van der Waals surface area contributed by atoms with Crippen LogP contribution in [0.2, 0.25) is 0 Å². The molecule has 3 N–H and O–H groups in total. The fraction of sp³-hybridized carbons (Fsp3) is 0.545. The summed E-state index contributed by atoms with van der Waals surface area (Å²) in [5.74, 6) is 1.25. The summed E-state index contributed by atoms with van der Waals surface area (Å²) >= 11 is 3.47. The molecule has 1 aromatic heterocycles. The van der Waals surface area contributed by atoms with Gasteiger partial charge in [-0.2, -0.15) is 0 Å². The Bertz CT molecular complexity index is 383. The lowest BCUT2D eigenvalue weighted by Gasteiger charge is -2.19. The molecule has 0 amide bonds. The van der Waals surface area contributed by atoms with E-state index in [0.29, 0.717) is 11.6 Å². The average Bonchev–Trinajstić information content (AvgIpc) is 2.66. The molecule has 2 unspecified atom stereocenters.